The summed E-state index contributed by atoms with van der Waals surface area (Å²) in [7, 11) is 0. The maximum absolute atomic E-state index is 5.79. The maximum Gasteiger partial charge on any atom is 0.0740 e. The van der Waals surface area contributed by atoms with Crippen molar-refractivity contribution in [2.75, 3.05) is 19.7 Å². The van der Waals surface area contributed by atoms with E-state index in [9.17, 15) is 0 Å². The molecule has 0 bridgehead atoms. The molecule has 0 aromatic heterocycles. The van der Waals surface area contributed by atoms with Gasteiger partial charge in [0.2, 0.25) is 0 Å². The standard InChI is InChI=1S/C18H21NOS/c1-14-5-2-3-8-18(14)21-17-7-4-6-15(12-17)11-16-13-19-9-10-20-16/h2-8,12,16,19H,9-11,13H2,1H3/t16-/m0/s1. The van der Waals surface area contributed by atoms with E-state index < -0.39 is 0 Å². The Labute approximate surface area is 130 Å². The second kappa shape index (κ2) is 7.12. The molecular formula is C18H21NOS. The zero-order valence-electron chi connectivity index (χ0n) is 12.3. The highest BCUT2D eigenvalue weighted by Gasteiger charge is 2.14. The molecular weight excluding hydrogens is 278 g/mol. The van der Waals surface area contributed by atoms with Crippen LogP contribution in [0.3, 0.4) is 0 Å². The average molecular weight is 299 g/mol. The number of hydrogen-bond acceptors (Lipinski definition) is 3. The Balaban J connectivity index is 1.69. The normalized spacial score (nSPS) is 18.6. The fourth-order valence-electron chi connectivity index (χ4n) is 2.55. The van der Waals surface area contributed by atoms with E-state index in [0.29, 0.717) is 6.10 Å². The lowest BCUT2D eigenvalue weighted by atomic mass is 10.1. The molecule has 3 rings (SSSR count). The Morgan fingerprint density at radius 1 is 1.19 bits per heavy atom. The molecule has 1 aliphatic rings. The average Bonchev–Trinajstić information content (AvgIpc) is 2.51. The van der Waals surface area contributed by atoms with Crippen LogP contribution in [-0.2, 0) is 11.2 Å². The first-order valence-corrected chi connectivity index (χ1v) is 8.27. The van der Waals surface area contributed by atoms with Gasteiger partial charge in [0.15, 0.2) is 0 Å². The van der Waals surface area contributed by atoms with Gasteiger partial charge in [0.25, 0.3) is 0 Å². The summed E-state index contributed by atoms with van der Waals surface area (Å²) in [5, 5.41) is 3.39. The zero-order chi connectivity index (χ0) is 14.5. The lowest BCUT2D eigenvalue weighted by Crippen LogP contribution is -2.39. The summed E-state index contributed by atoms with van der Waals surface area (Å²) in [6, 6.07) is 17.3. The van der Waals surface area contributed by atoms with Crippen LogP contribution >= 0.6 is 11.8 Å². The first-order valence-electron chi connectivity index (χ1n) is 7.46. The Bertz CT molecular complexity index is 593. The molecule has 3 heteroatoms. The van der Waals surface area contributed by atoms with Crippen molar-refractivity contribution in [3.63, 3.8) is 0 Å². The smallest absolute Gasteiger partial charge is 0.0740 e. The molecule has 1 heterocycles. The monoisotopic (exact) mass is 299 g/mol. The fourth-order valence-corrected chi connectivity index (χ4v) is 3.53. The molecule has 2 nitrogen and oxygen atoms in total. The molecule has 0 saturated carbocycles. The van der Waals surface area contributed by atoms with Crippen LogP contribution in [0.4, 0.5) is 0 Å². The second-order valence-electron chi connectivity index (χ2n) is 5.42. The third kappa shape index (κ3) is 4.10. The van der Waals surface area contributed by atoms with Crippen molar-refractivity contribution in [1.29, 1.82) is 0 Å². The molecule has 1 N–H and O–H groups in total. The number of ether oxygens (including phenoxy) is 1. The molecule has 1 fully saturated rings. The molecule has 0 radical (unpaired) electrons. The highest BCUT2D eigenvalue weighted by Crippen LogP contribution is 2.30. The van der Waals surface area contributed by atoms with Crippen LogP contribution < -0.4 is 5.32 Å². The number of benzene rings is 2. The van der Waals surface area contributed by atoms with Gasteiger partial charge >= 0.3 is 0 Å². The molecule has 0 amide bonds. The fraction of sp³-hybridized carbons (Fsp3) is 0.333. The highest BCUT2D eigenvalue weighted by molar-refractivity contribution is 7.99. The van der Waals surface area contributed by atoms with Gasteiger partial charge < -0.3 is 10.1 Å². The van der Waals surface area contributed by atoms with E-state index in [0.717, 1.165) is 26.1 Å². The van der Waals surface area contributed by atoms with Crippen LogP contribution in [0, 0.1) is 6.92 Å². The first-order chi connectivity index (χ1) is 10.3. The van der Waals surface area contributed by atoms with Crippen molar-refractivity contribution in [1.82, 2.24) is 5.32 Å². The largest absolute Gasteiger partial charge is 0.375 e. The van der Waals surface area contributed by atoms with Gasteiger partial charge in [0, 0.05) is 22.9 Å². The van der Waals surface area contributed by atoms with Gasteiger partial charge in [-0.05, 0) is 42.7 Å². The number of nitrogens with one attached hydrogen (secondary N) is 1. The van der Waals surface area contributed by atoms with Crippen molar-refractivity contribution < 1.29 is 4.74 Å². The van der Waals surface area contributed by atoms with Crippen LogP contribution in [0.15, 0.2) is 58.3 Å². The van der Waals surface area contributed by atoms with E-state index in [1.165, 1.54) is 20.9 Å². The quantitative estimate of drug-likeness (QED) is 0.930. The molecule has 21 heavy (non-hydrogen) atoms. The number of morpholine rings is 1. The first kappa shape index (κ1) is 14.6. The molecule has 110 valence electrons. The molecule has 0 spiro atoms. The summed E-state index contributed by atoms with van der Waals surface area (Å²) >= 11 is 1.83. The lowest BCUT2D eigenvalue weighted by molar-refractivity contribution is 0.0292. The van der Waals surface area contributed by atoms with Crippen molar-refractivity contribution in [3.05, 3.63) is 59.7 Å². The molecule has 2 aromatic carbocycles. The summed E-state index contributed by atoms with van der Waals surface area (Å²) in [4.78, 5) is 2.62. The van der Waals surface area contributed by atoms with E-state index in [1.807, 2.05) is 11.8 Å². The van der Waals surface area contributed by atoms with E-state index in [1.54, 1.807) is 0 Å². The van der Waals surface area contributed by atoms with Gasteiger partial charge in [0.1, 0.15) is 0 Å². The van der Waals surface area contributed by atoms with E-state index in [4.69, 9.17) is 4.74 Å². The molecule has 1 aliphatic heterocycles. The van der Waals surface area contributed by atoms with Gasteiger partial charge in [-0.25, -0.2) is 0 Å². The van der Waals surface area contributed by atoms with Crippen molar-refractivity contribution in [2.45, 2.75) is 29.2 Å². The van der Waals surface area contributed by atoms with E-state index >= 15 is 0 Å². The zero-order valence-corrected chi connectivity index (χ0v) is 13.2. The lowest BCUT2D eigenvalue weighted by Gasteiger charge is -2.23. The Morgan fingerprint density at radius 3 is 2.90 bits per heavy atom. The summed E-state index contributed by atoms with van der Waals surface area (Å²) < 4.78 is 5.79. The van der Waals surface area contributed by atoms with E-state index in [-0.39, 0.29) is 0 Å². The van der Waals surface area contributed by atoms with Crippen LogP contribution in [0.5, 0.6) is 0 Å². The summed E-state index contributed by atoms with van der Waals surface area (Å²) in [5.41, 5.74) is 2.68. The SMILES string of the molecule is Cc1ccccc1Sc1cccc(C[C@H]2CNCCO2)c1. The molecule has 1 saturated heterocycles. The second-order valence-corrected chi connectivity index (χ2v) is 6.53. The molecule has 1 atom stereocenters. The molecule has 2 aromatic rings. The number of aryl methyl sites for hydroxylation is 1. The number of rotatable bonds is 4. The third-order valence-electron chi connectivity index (χ3n) is 3.69. The predicted molar refractivity (Wildman–Crippen MR) is 88.1 cm³/mol. The van der Waals surface area contributed by atoms with Crippen molar-refractivity contribution >= 4 is 11.8 Å². The minimum Gasteiger partial charge on any atom is -0.375 e. The topological polar surface area (TPSA) is 21.3 Å². The summed E-state index contributed by atoms with van der Waals surface area (Å²) in [6.45, 7) is 4.91. The van der Waals surface area contributed by atoms with Crippen molar-refractivity contribution in [3.8, 4) is 0 Å². The maximum atomic E-state index is 5.79. The summed E-state index contributed by atoms with van der Waals surface area (Å²) in [6.07, 6.45) is 1.28. The predicted octanol–water partition coefficient (Wildman–Crippen LogP) is 3.68. The summed E-state index contributed by atoms with van der Waals surface area (Å²) in [5.74, 6) is 0. The van der Waals surface area contributed by atoms with E-state index in [2.05, 4.69) is 60.8 Å². The Kier molecular flexibility index (Phi) is 4.96. The molecule has 0 aliphatic carbocycles. The van der Waals surface area contributed by atoms with Crippen LogP contribution in [-0.4, -0.2) is 25.8 Å². The van der Waals surface area contributed by atoms with Crippen LogP contribution in [0.1, 0.15) is 11.1 Å². The Morgan fingerprint density at radius 2 is 2.10 bits per heavy atom. The van der Waals surface area contributed by atoms with Gasteiger partial charge in [-0.1, -0.05) is 42.1 Å². The highest BCUT2D eigenvalue weighted by atomic mass is 32.2. The minimum absolute atomic E-state index is 0.303. The number of hydrogen-bond donors (Lipinski definition) is 1. The van der Waals surface area contributed by atoms with Crippen LogP contribution in [0.2, 0.25) is 0 Å². The van der Waals surface area contributed by atoms with Gasteiger partial charge in [0.05, 0.1) is 12.7 Å². The Hall–Kier alpha value is -1.29. The van der Waals surface area contributed by atoms with Gasteiger partial charge in [-0.2, -0.15) is 0 Å². The minimum atomic E-state index is 0.303. The van der Waals surface area contributed by atoms with Gasteiger partial charge in [-0.15, -0.1) is 0 Å². The van der Waals surface area contributed by atoms with Gasteiger partial charge in [-0.3, -0.25) is 0 Å². The molecule has 0 unspecified atom stereocenters. The van der Waals surface area contributed by atoms with Crippen LogP contribution in [0.25, 0.3) is 0 Å². The van der Waals surface area contributed by atoms with Crippen molar-refractivity contribution in [2.24, 2.45) is 0 Å². The third-order valence-corrected chi connectivity index (χ3v) is 4.86.